The van der Waals surface area contributed by atoms with Crippen LogP contribution in [0.15, 0.2) is 60.9 Å². The maximum atomic E-state index is 11.8. The van der Waals surface area contributed by atoms with Gasteiger partial charge in [-0.1, -0.05) is 23.7 Å². The van der Waals surface area contributed by atoms with E-state index in [1.165, 1.54) is 12.1 Å². The summed E-state index contributed by atoms with van der Waals surface area (Å²) >= 11 is 6.33. The van der Waals surface area contributed by atoms with Gasteiger partial charge in [0, 0.05) is 34.5 Å². The fraction of sp³-hybridized carbons (Fsp3) is 0.143. The number of aryl methyl sites for hydroxylation is 2. The van der Waals surface area contributed by atoms with E-state index >= 15 is 0 Å². The van der Waals surface area contributed by atoms with E-state index in [0.29, 0.717) is 27.5 Å². The molecule has 0 radical (unpaired) electrons. The Bertz CT molecular complexity index is 1300. The Kier molecular flexibility index (Phi) is 4.24. The number of benzene rings is 2. The Labute approximate surface area is 158 Å². The van der Waals surface area contributed by atoms with Crippen LogP contribution < -0.4 is 16.0 Å². The second kappa shape index (κ2) is 6.59. The van der Waals surface area contributed by atoms with E-state index in [4.69, 9.17) is 25.2 Å². The molecule has 0 aliphatic carbocycles. The van der Waals surface area contributed by atoms with E-state index in [1.807, 2.05) is 26.0 Å². The predicted molar refractivity (Wildman–Crippen MR) is 104 cm³/mol. The van der Waals surface area contributed by atoms with Crippen molar-refractivity contribution in [2.75, 3.05) is 0 Å². The van der Waals surface area contributed by atoms with Crippen molar-refractivity contribution in [2.45, 2.75) is 20.5 Å². The van der Waals surface area contributed by atoms with Gasteiger partial charge in [-0.05, 0) is 37.1 Å². The lowest BCUT2D eigenvalue weighted by Gasteiger charge is -2.11. The molecule has 2 aromatic carbocycles. The van der Waals surface area contributed by atoms with Crippen LogP contribution in [0.1, 0.15) is 16.7 Å². The van der Waals surface area contributed by atoms with Crippen molar-refractivity contribution in [2.24, 2.45) is 0 Å². The lowest BCUT2D eigenvalue weighted by molar-refractivity contribution is 0.306. The van der Waals surface area contributed by atoms with Crippen LogP contribution in [-0.4, -0.2) is 0 Å². The van der Waals surface area contributed by atoms with Gasteiger partial charge in [0.1, 0.15) is 23.5 Å². The fourth-order valence-electron chi connectivity index (χ4n) is 3.04. The van der Waals surface area contributed by atoms with Crippen LogP contribution in [0.3, 0.4) is 0 Å². The normalized spacial score (nSPS) is 11.2. The molecular formula is C21H15ClO5. The molecule has 0 bridgehead atoms. The molecular weight excluding hydrogens is 368 g/mol. The summed E-state index contributed by atoms with van der Waals surface area (Å²) in [5.41, 5.74) is 2.47. The van der Waals surface area contributed by atoms with E-state index in [1.54, 1.807) is 18.2 Å². The van der Waals surface area contributed by atoms with Gasteiger partial charge >= 0.3 is 11.3 Å². The molecule has 0 amide bonds. The molecule has 0 unspecified atom stereocenters. The maximum Gasteiger partial charge on any atom is 0.336 e. The zero-order valence-electron chi connectivity index (χ0n) is 14.7. The van der Waals surface area contributed by atoms with E-state index in [-0.39, 0.29) is 6.61 Å². The highest BCUT2D eigenvalue weighted by Crippen LogP contribution is 2.32. The van der Waals surface area contributed by atoms with Gasteiger partial charge in [0.25, 0.3) is 0 Å². The third kappa shape index (κ3) is 3.34. The number of ether oxygens (including phenoxy) is 1. The summed E-state index contributed by atoms with van der Waals surface area (Å²) in [6.45, 7) is 3.85. The first-order chi connectivity index (χ1) is 12.9. The van der Waals surface area contributed by atoms with Gasteiger partial charge in [-0.3, -0.25) is 0 Å². The SMILES string of the molecule is Cc1ccc2c(COc3cc4oc(=O)cc(C)c4cc3Cl)cc(=O)oc2c1. The summed E-state index contributed by atoms with van der Waals surface area (Å²) in [5, 5.41) is 1.93. The van der Waals surface area contributed by atoms with Crippen molar-refractivity contribution in [3.05, 3.63) is 85.0 Å². The Morgan fingerprint density at radius 2 is 1.59 bits per heavy atom. The fourth-order valence-corrected chi connectivity index (χ4v) is 3.26. The molecule has 0 saturated heterocycles. The van der Waals surface area contributed by atoms with Crippen molar-refractivity contribution < 1.29 is 13.6 Å². The number of hydrogen-bond acceptors (Lipinski definition) is 5. The van der Waals surface area contributed by atoms with Gasteiger partial charge in [0.05, 0.1) is 5.02 Å². The minimum atomic E-state index is -0.446. The zero-order chi connectivity index (χ0) is 19.1. The zero-order valence-corrected chi connectivity index (χ0v) is 15.4. The lowest BCUT2D eigenvalue weighted by atomic mass is 10.1. The summed E-state index contributed by atoms with van der Waals surface area (Å²) in [6, 6.07) is 11.7. The largest absolute Gasteiger partial charge is 0.487 e. The summed E-state index contributed by atoms with van der Waals surface area (Å²) in [6.07, 6.45) is 0. The minimum Gasteiger partial charge on any atom is -0.487 e. The number of rotatable bonds is 3. The average molecular weight is 383 g/mol. The topological polar surface area (TPSA) is 69.7 Å². The van der Waals surface area contributed by atoms with Gasteiger partial charge in [0.2, 0.25) is 0 Å². The summed E-state index contributed by atoms with van der Waals surface area (Å²) in [4.78, 5) is 23.5. The quantitative estimate of drug-likeness (QED) is 0.478. The van der Waals surface area contributed by atoms with Gasteiger partial charge < -0.3 is 13.6 Å². The Balaban J connectivity index is 1.74. The smallest absolute Gasteiger partial charge is 0.336 e. The molecule has 0 atom stereocenters. The third-order valence-electron chi connectivity index (χ3n) is 4.37. The molecule has 0 aliphatic heterocycles. The highest BCUT2D eigenvalue weighted by Gasteiger charge is 2.11. The highest BCUT2D eigenvalue weighted by molar-refractivity contribution is 6.32. The van der Waals surface area contributed by atoms with Gasteiger partial charge in [-0.15, -0.1) is 0 Å². The lowest BCUT2D eigenvalue weighted by Crippen LogP contribution is -2.04. The number of fused-ring (bicyclic) bond motifs is 2. The predicted octanol–water partition coefficient (Wildman–Crippen LogP) is 4.75. The molecule has 2 heterocycles. The molecule has 27 heavy (non-hydrogen) atoms. The highest BCUT2D eigenvalue weighted by atomic mass is 35.5. The van der Waals surface area contributed by atoms with Crippen LogP contribution in [0, 0.1) is 13.8 Å². The van der Waals surface area contributed by atoms with Gasteiger partial charge in [-0.25, -0.2) is 9.59 Å². The Hall–Kier alpha value is -3.05. The molecule has 4 aromatic rings. The average Bonchev–Trinajstić information content (AvgIpc) is 2.60. The Morgan fingerprint density at radius 3 is 2.37 bits per heavy atom. The molecule has 0 spiro atoms. The minimum absolute atomic E-state index is 0.117. The van der Waals surface area contributed by atoms with E-state index in [2.05, 4.69) is 0 Å². The van der Waals surface area contributed by atoms with Crippen LogP contribution in [0.5, 0.6) is 5.75 Å². The second-order valence-electron chi connectivity index (χ2n) is 6.41. The third-order valence-corrected chi connectivity index (χ3v) is 4.67. The van der Waals surface area contributed by atoms with Crippen LogP contribution in [-0.2, 0) is 6.61 Å². The molecule has 4 rings (SSSR count). The molecule has 0 aliphatic rings. The van der Waals surface area contributed by atoms with Crippen molar-refractivity contribution in [3.8, 4) is 5.75 Å². The monoisotopic (exact) mass is 382 g/mol. The summed E-state index contributed by atoms with van der Waals surface area (Å²) in [5.74, 6) is 0.367. The van der Waals surface area contributed by atoms with E-state index < -0.39 is 11.3 Å². The van der Waals surface area contributed by atoms with Crippen LogP contribution >= 0.6 is 11.6 Å². The molecule has 0 fully saturated rings. The standard InChI is InChI=1S/C21H15ClO5/c1-11-3-4-14-13(7-21(24)26-17(14)5-11)10-25-19-9-18-15(8-16(19)22)12(2)6-20(23)27-18/h3-9H,10H2,1-2H3. The van der Waals surface area contributed by atoms with E-state index in [0.717, 1.165) is 21.9 Å². The first-order valence-corrected chi connectivity index (χ1v) is 8.69. The van der Waals surface area contributed by atoms with Crippen LogP contribution in [0.2, 0.25) is 5.02 Å². The van der Waals surface area contributed by atoms with Gasteiger partial charge in [0.15, 0.2) is 0 Å². The summed E-state index contributed by atoms with van der Waals surface area (Å²) < 4.78 is 16.3. The van der Waals surface area contributed by atoms with Crippen molar-refractivity contribution in [1.29, 1.82) is 0 Å². The van der Waals surface area contributed by atoms with Crippen LogP contribution in [0.25, 0.3) is 21.9 Å². The van der Waals surface area contributed by atoms with E-state index in [9.17, 15) is 9.59 Å². The second-order valence-corrected chi connectivity index (χ2v) is 6.81. The van der Waals surface area contributed by atoms with Crippen LogP contribution in [0.4, 0.5) is 0 Å². The Morgan fingerprint density at radius 1 is 0.889 bits per heavy atom. The van der Waals surface area contributed by atoms with Crippen molar-refractivity contribution in [3.63, 3.8) is 0 Å². The molecule has 5 nitrogen and oxygen atoms in total. The molecule has 6 heteroatoms. The molecule has 0 N–H and O–H groups in total. The van der Waals surface area contributed by atoms with Gasteiger partial charge in [-0.2, -0.15) is 0 Å². The number of hydrogen-bond donors (Lipinski definition) is 0. The summed E-state index contributed by atoms with van der Waals surface area (Å²) in [7, 11) is 0. The number of halogens is 1. The molecule has 0 saturated carbocycles. The first kappa shape index (κ1) is 17.4. The maximum absolute atomic E-state index is 11.8. The molecule has 136 valence electrons. The molecule has 2 aromatic heterocycles. The van der Waals surface area contributed by atoms with Crippen molar-refractivity contribution in [1.82, 2.24) is 0 Å². The first-order valence-electron chi connectivity index (χ1n) is 8.31. The van der Waals surface area contributed by atoms with Crippen molar-refractivity contribution >= 4 is 33.5 Å².